The second-order valence-electron chi connectivity index (χ2n) is 5.40. The number of aromatic nitrogens is 1. The molecule has 0 unspecified atom stereocenters. The Kier molecular flexibility index (Phi) is 4.50. The Balaban J connectivity index is 1.98. The van der Waals surface area contributed by atoms with Gasteiger partial charge in [0.05, 0.1) is 22.5 Å². The van der Waals surface area contributed by atoms with Crippen LogP contribution in [0.4, 0.5) is 5.69 Å². The zero-order valence-electron chi connectivity index (χ0n) is 12.7. The largest absolute Gasteiger partial charge is 0.321 e. The number of anilines is 1. The average Bonchev–Trinajstić information content (AvgIpc) is 2.49. The topological polar surface area (TPSA) is 42.0 Å². The molecule has 1 heterocycles. The van der Waals surface area contributed by atoms with Crippen LogP contribution >= 0.6 is 31.9 Å². The van der Waals surface area contributed by atoms with Crippen LogP contribution in [0.1, 0.15) is 21.6 Å². The summed E-state index contributed by atoms with van der Waals surface area (Å²) in [6.45, 7) is 3.88. The van der Waals surface area contributed by atoms with Gasteiger partial charge in [0.1, 0.15) is 0 Å². The van der Waals surface area contributed by atoms with Gasteiger partial charge in [0.25, 0.3) is 5.91 Å². The molecule has 0 bridgehead atoms. The fourth-order valence-corrected chi connectivity index (χ4v) is 3.55. The van der Waals surface area contributed by atoms with E-state index in [1.807, 2.05) is 56.3 Å². The van der Waals surface area contributed by atoms with E-state index in [9.17, 15) is 4.79 Å². The SMILES string of the molecule is Cc1ccc2nc(C)c(C(=O)Nc3ccc(Br)cc3Br)cc2c1. The predicted molar refractivity (Wildman–Crippen MR) is 101 cm³/mol. The van der Waals surface area contributed by atoms with Crippen LogP contribution in [0.25, 0.3) is 10.9 Å². The van der Waals surface area contributed by atoms with Gasteiger partial charge in [0, 0.05) is 14.3 Å². The van der Waals surface area contributed by atoms with E-state index in [1.54, 1.807) is 0 Å². The van der Waals surface area contributed by atoms with E-state index in [2.05, 4.69) is 42.2 Å². The molecule has 116 valence electrons. The Labute approximate surface area is 151 Å². The zero-order chi connectivity index (χ0) is 16.6. The number of hydrogen-bond donors (Lipinski definition) is 1. The highest BCUT2D eigenvalue weighted by atomic mass is 79.9. The van der Waals surface area contributed by atoms with Gasteiger partial charge in [-0.25, -0.2) is 0 Å². The molecule has 0 spiro atoms. The minimum absolute atomic E-state index is 0.165. The fraction of sp³-hybridized carbons (Fsp3) is 0.111. The molecule has 0 fully saturated rings. The maximum Gasteiger partial charge on any atom is 0.257 e. The van der Waals surface area contributed by atoms with Crippen molar-refractivity contribution < 1.29 is 4.79 Å². The molecule has 0 radical (unpaired) electrons. The number of carbonyl (C=O) groups excluding carboxylic acids is 1. The second kappa shape index (κ2) is 6.42. The van der Waals surface area contributed by atoms with Crippen molar-refractivity contribution in [3.8, 4) is 0 Å². The molecule has 2 aromatic carbocycles. The van der Waals surface area contributed by atoms with Crippen LogP contribution in [0.3, 0.4) is 0 Å². The summed E-state index contributed by atoms with van der Waals surface area (Å²) in [6.07, 6.45) is 0. The van der Waals surface area contributed by atoms with Gasteiger partial charge in [-0.1, -0.05) is 27.6 Å². The standard InChI is InChI=1S/C18H14Br2N2O/c1-10-3-5-16-12(7-10)8-14(11(2)21-16)18(23)22-17-6-4-13(19)9-15(17)20/h3-9H,1-2H3,(H,22,23). The van der Waals surface area contributed by atoms with Gasteiger partial charge in [0.15, 0.2) is 0 Å². The highest BCUT2D eigenvalue weighted by Gasteiger charge is 2.13. The first-order valence-electron chi connectivity index (χ1n) is 7.08. The number of aryl methyl sites for hydroxylation is 2. The minimum Gasteiger partial charge on any atom is -0.321 e. The van der Waals surface area contributed by atoms with Crippen molar-refractivity contribution in [2.45, 2.75) is 13.8 Å². The van der Waals surface area contributed by atoms with E-state index in [4.69, 9.17) is 0 Å². The van der Waals surface area contributed by atoms with Crippen LogP contribution in [0, 0.1) is 13.8 Å². The number of nitrogens with zero attached hydrogens (tertiary/aromatic N) is 1. The number of amides is 1. The Bertz CT molecular complexity index is 922. The Hall–Kier alpha value is -1.72. The van der Waals surface area contributed by atoms with E-state index in [0.717, 1.165) is 31.1 Å². The number of nitrogens with one attached hydrogen (secondary N) is 1. The normalized spacial score (nSPS) is 10.8. The molecule has 0 atom stereocenters. The Morgan fingerprint density at radius 2 is 1.83 bits per heavy atom. The maximum atomic E-state index is 12.6. The molecule has 3 aromatic rings. The minimum atomic E-state index is -0.165. The third kappa shape index (κ3) is 3.46. The van der Waals surface area contributed by atoms with Crippen molar-refractivity contribution in [3.63, 3.8) is 0 Å². The van der Waals surface area contributed by atoms with Gasteiger partial charge in [-0.15, -0.1) is 0 Å². The molecule has 5 heteroatoms. The number of hydrogen-bond acceptors (Lipinski definition) is 2. The summed E-state index contributed by atoms with van der Waals surface area (Å²) in [4.78, 5) is 17.2. The van der Waals surface area contributed by atoms with Gasteiger partial charge in [-0.2, -0.15) is 0 Å². The summed E-state index contributed by atoms with van der Waals surface area (Å²) in [5.74, 6) is -0.165. The lowest BCUT2D eigenvalue weighted by molar-refractivity contribution is 0.102. The van der Waals surface area contributed by atoms with Crippen LogP contribution in [0.2, 0.25) is 0 Å². The van der Waals surface area contributed by atoms with Gasteiger partial charge < -0.3 is 5.32 Å². The zero-order valence-corrected chi connectivity index (χ0v) is 15.8. The number of pyridine rings is 1. The van der Waals surface area contributed by atoms with Crippen molar-refractivity contribution in [1.29, 1.82) is 0 Å². The van der Waals surface area contributed by atoms with Crippen molar-refractivity contribution in [2.24, 2.45) is 0 Å². The first kappa shape index (κ1) is 16.1. The molecule has 3 nitrogen and oxygen atoms in total. The van der Waals surface area contributed by atoms with Gasteiger partial charge in [0.2, 0.25) is 0 Å². The van der Waals surface area contributed by atoms with Crippen molar-refractivity contribution in [3.05, 3.63) is 68.2 Å². The first-order valence-corrected chi connectivity index (χ1v) is 8.67. The van der Waals surface area contributed by atoms with E-state index in [0.29, 0.717) is 11.3 Å². The van der Waals surface area contributed by atoms with E-state index in [-0.39, 0.29) is 5.91 Å². The molecule has 0 saturated heterocycles. The summed E-state index contributed by atoms with van der Waals surface area (Å²) in [6, 6.07) is 13.6. The van der Waals surface area contributed by atoms with Crippen LogP contribution in [-0.2, 0) is 0 Å². The number of rotatable bonds is 2. The molecule has 0 saturated carbocycles. The summed E-state index contributed by atoms with van der Waals surface area (Å²) in [5, 5.41) is 3.90. The van der Waals surface area contributed by atoms with E-state index < -0.39 is 0 Å². The number of carbonyl (C=O) groups is 1. The summed E-state index contributed by atoms with van der Waals surface area (Å²) in [5.41, 5.74) is 4.06. The Morgan fingerprint density at radius 3 is 2.57 bits per heavy atom. The number of fused-ring (bicyclic) bond motifs is 1. The monoisotopic (exact) mass is 432 g/mol. The maximum absolute atomic E-state index is 12.6. The molecule has 1 amide bonds. The van der Waals surface area contributed by atoms with Crippen LogP contribution in [0.15, 0.2) is 51.4 Å². The molecule has 0 aliphatic carbocycles. The van der Waals surface area contributed by atoms with Crippen molar-refractivity contribution >= 4 is 54.4 Å². The lowest BCUT2D eigenvalue weighted by Crippen LogP contribution is -2.14. The highest BCUT2D eigenvalue weighted by Crippen LogP contribution is 2.27. The molecular weight excluding hydrogens is 420 g/mol. The van der Waals surface area contributed by atoms with E-state index in [1.165, 1.54) is 0 Å². The lowest BCUT2D eigenvalue weighted by atomic mass is 10.1. The van der Waals surface area contributed by atoms with Crippen molar-refractivity contribution in [2.75, 3.05) is 5.32 Å². The molecular formula is C18H14Br2N2O. The predicted octanol–water partition coefficient (Wildman–Crippen LogP) is 5.63. The molecule has 1 aromatic heterocycles. The second-order valence-corrected chi connectivity index (χ2v) is 7.17. The quantitative estimate of drug-likeness (QED) is 0.569. The smallest absolute Gasteiger partial charge is 0.257 e. The van der Waals surface area contributed by atoms with Gasteiger partial charge >= 0.3 is 0 Å². The molecule has 0 aliphatic heterocycles. The first-order chi connectivity index (χ1) is 10.9. The molecule has 1 N–H and O–H groups in total. The van der Waals surface area contributed by atoms with Crippen LogP contribution in [0.5, 0.6) is 0 Å². The number of halogens is 2. The lowest BCUT2D eigenvalue weighted by Gasteiger charge is -2.10. The average molecular weight is 434 g/mol. The molecule has 3 rings (SSSR count). The third-order valence-corrected chi connectivity index (χ3v) is 4.73. The van der Waals surface area contributed by atoms with E-state index >= 15 is 0 Å². The summed E-state index contributed by atoms with van der Waals surface area (Å²) < 4.78 is 1.77. The fourth-order valence-electron chi connectivity index (χ4n) is 2.40. The molecule has 23 heavy (non-hydrogen) atoms. The Morgan fingerprint density at radius 1 is 1.04 bits per heavy atom. The van der Waals surface area contributed by atoms with Crippen molar-refractivity contribution in [1.82, 2.24) is 4.98 Å². The highest BCUT2D eigenvalue weighted by molar-refractivity contribution is 9.11. The van der Waals surface area contributed by atoms with Crippen LogP contribution in [-0.4, -0.2) is 10.9 Å². The summed E-state index contributed by atoms with van der Waals surface area (Å²) >= 11 is 6.86. The molecule has 0 aliphatic rings. The number of benzene rings is 2. The van der Waals surface area contributed by atoms with Gasteiger partial charge in [-0.05, 0) is 66.2 Å². The van der Waals surface area contributed by atoms with Gasteiger partial charge in [-0.3, -0.25) is 9.78 Å². The summed E-state index contributed by atoms with van der Waals surface area (Å²) in [7, 11) is 0. The third-order valence-electron chi connectivity index (χ3n) is 3.58. The van der Waals surface area contributed by atoms with Crippen LogP contribution < -0.4 is 5.32 Å².